The Morgan fingerprint density at radius 3 is 2.21 bits per heavy atom. The maximum Gasteiger partial charge on any atom is 0.233 e. The third-order valence-corrected chi connectivity index (χ3v) is 3.57. The van der Waals surface area contributed by atoms with Crippen molar-refractivity contribution in [2.45, 2.75) is 6.42 Å². The van der Waals surface area contributed by atoms with Crippen LogP contribution in [0.1, 0.15) is 6.42 Å². The Hall–Kier alpha value is -2.25. The fourth-order valence-corrected chi connectivity index (χ4v) is 2.04. The zero-order valence-electron chi connectivity index (χ0n) is 11.8. The average Bonchev–Trinajstić information content (AvgIpc) is 2.51. The first kappa shape index (κ1) is 18.1. The van der Waals surface area contributed by atoms with E-state index in [4.69, 9.17) is 23.2 Å². The van der Waals surface area contributed by atoms with E-state index in [1.807, 2.05) is 5.32 Å². The lowest BCUT2D eigenvalue weighted by Crippen LogP contribution is -2.22. The van der Waals surface area contributed by atoms with Gasteiger partial charge in [0.25, 0.3) is 0 Å². The molecule has 0 aromatic heterocycles. The Balaban J connectivity index is 1.98. The predicted octanol–water partition coefficient (Wildman–Crippen LogP) is 4.38. The Kier molecular flexibility index (Phi) is 5.69. The number of nitrogens with one attached hydrogen (secondary N) is 2. The molecule has 2 rings (SSSR count). The molecule has 24 heavy (non-hydrogen) atoms. The fraction of sp³-hybridized carbons (Fsp3) is 0.0667. The van der Waals surface area contributed by atoms with E-state index >= 15 is 0 Å². The van der Waals surface area contributed by atoms with Gasteiger partial charge in [0.15, 0.2) is 17.5 Å². The number of carbonyl (C=O) groups excluding carboxylic acids is 2. The molecule has 0 aliphatic heterocycles. The molecule has 0 heterocycles. The van der Waals surface area contributed by atoms with Crippen LogP contribution in [-0.2, 0) is 9.59 Å². The summed E-state index contributed by atoms with van der Waals surface area (Å²) < 4.78 is 39.3. The lowest BCUT2D eigenvalue weighted by atomic mass is 10.2. The van der Waals surface area contributed by atoms with Crippen molar-refractivity contribution in [1.82, 2.24) is 0 Å². The van der Waals surface area contributed by atoms with Crippen molar-refractivity contribution >= 4 is 46.4 Å². The van der Waals surface area contributed by atoms with E-state index in [1.54, 1.807) is 0 Å². The van der Waals surface area contributed by atoms with Crippen molar-refractivity contribution in [2.75, 3.05) is 10.6 Å². The van der Waals surface area contributed by atoms with E-state index in [9.17, 15) is 22.8 Å². The SMILES string of the molecule is O=C(CC(=O)Nc1ccc(F)c(F)c1F)Nc1ccc(Cl)c(Cl)c1. The number of hydrogen-bond donors (Lipinski definition) is 2. The van der Waals surface area contributed by atoms with Gasteiger partial charge in [-0.2, -0.15) is 0 Å². The van der Waals surface area contributed by atoms with Crippen LogP contribution in [0.2, 0.25) is 10.0 Å². The summed E-state index contributed by atoms with van der Waals surface area (Å²) in [5, 5.41) is 4.88. The molecule has 0 fully saturated rings. The molecule has 2 aromatic carbocycles. The molecule has 0 saturated heterocycles. The third-order valence-electron chi connectivity index (χ3n) is 2.83. The van der Waals surface area contributed by atoms with Crippen LogP contribution in [-0.4, -0.2) is 11.8 Å². The molecule has 0 atom stereocenters. The number of rotatable bonds is 4. The van der Waals surface area contributed by atoms with E-state index in [1.165, 1.54) is 18.2 Å². The molecule has 0 aliphatic rings. The molecule has 0 aliphatic carbocycles. The maximum absolute atomic E-state index is 13.4. The van der Waals surface area contributed by atoms with Gasteiger partial charge in [-0.3, -0.25) is 9.59 Å². The Morgan fingerprint density at radius 2 is 1.54 bits per heavy atom. The fourth-order valence-electron chi connectivity index (χ4n) is 1.74. The number of carbonyl (C=O) groups is 2. The van der Waals surface area contributed by atoms with E-state index in [2.05, 4.69) is 5.32 Å². The summed E-state index contributed by atoms with van der Waals surface area (Å²) in [6.45, 7) is 0. The molecule has 2 N–H and O–H groups in total. The second-order valence-electron chi connectivity index (χ2n) is 4.62. The van der Waals surface area contributed by atoms with Crippen LogP contribution in [0.5, 0.6) is 0 Å². The van der Waals surface area contributed by atoms with Crippen LogP contribution in [0, 0.1) is 17.5 Å². The normalized spacial score (nSPS) is 10.4. The standard InChI is InChI=1S/C15H9Cl2F3N2O2/c16-8-2-1-7(5-9(8)17)21-12(23)6-13(24)22-11-4-3-10(18)14(19)15(11)20/h1-5H,6H2,(H,21,23)(H,22,24). The number of anilines is 2. The highest BCUT2D eigenvalue weighted by atomic mass is 35.5. The molecular weight excluding hydrogens is 368 g/mol. The Bertz CT molecular complexity index is 816. The summed E-state index contributed by atoms with van der Waals surface area (Å²) in [4.78, 5) is 23.4. The van der Waals surface area contributed by atoms with Crippen molar-refractivity contribution in [1.29, 1.82) is 0 Å². The number of benzene rings is 2. The highest BCUT2D eigenvalue weighted by molar-refractivity contribution is 6.42. The first-order valence-corrected chi connectivity index (χ1v) is 7.21. The highest BCUT2D eigenvalue weighted by Gasteiger charge is 2.17. The molecule has 0 spiro atoms. The minimum absolute atomic E-state index is 0.211. The second-order valence-corrected chi connectivity index (χ2v) is 5.44. The second kappa shape index (κ2) is 7.55. The van der Waals surface area contributed by atoms with E-state index in [0.29, 0.717) is 16.8 Å². The molecule has 0 saturated carbocycles. The lowest BCUT2D eigenvalue weighted by molar-refractivity contribution is -0.123. The van der Waals surface area contributed by atoms with Gasteiger partial charge in [-0.25, -0.2) is 13.2 Å². The van der Waals surface area contributed by atoms with E-state index < -0.39 is 41.4 Å². The van der Waals surface area contributed by atoms with Crippen LogP contribution in [0.25, 0.3) is 0 Å². The quantitative estimate of drug-likeness (QED) is 0.614. The van der Waals surface area contributed by atoms with Gasteiger partial charge < -0.3 is 10.6 Å². The van der Waals surface area contributed by atoms with Gasteiger partial charge >= 0.3 is 0 Å². The number of halogens is 5. The van der Waals surface area contributed by atoms with Crippen molar-refractivity contribution in [3.63, 3.8) is 0 Å². The molecule has 4 nitrogen and oxygen atoms in total. The minimum atomic E-state index is -1.71. The average molecular weight is 377 g/mol. The number of amides is 2. The molecule has 2 amide bonds. The summed E-state index contributed by atoms with van der Waals surface area (Å²) in [7, 11) is 0. The van der Waals surface area contributed by atoms with Gasteiger partial charge in [-0.1, -0.05) is 23.2 Å². The Morgan fingerprint density at radius 1 is 0.875 bits per heavy atom. The van der Waals surface area contributed by atoms with Crippen molar-refractivity contribution < 1.29 is 22.8 Å². The maximum atomic E-state index is 13.4. The topological polar surface area (TPSA) is 58.2 Å². The van der Waals surface area contributed by atoms with Gasteiger partial charge in [0, 0.05) is 5.69 Å². The largest absolute Gasteiger partial charge is 0.326 e. The summed E-state index contributed by atoms with van der Waals surface area (Å²) >= 11 is 11.5. The lowest BCUT2D eigenvalue weighted by Gasteiger charge is -2.08. The van der Waals surface area contributed by atoms with Gasteiger partial charge in [0.2, 0.25) is 11.8 Å². The molecule has 0 radical (unpaired) electrons. The van der Waals surface area contributed by atoms with Crippen LogP contribution >= 0.6 is 23.2 Å². The third kappa shape index (κ3) is 4.39. The smallest absolute Gasteiger partial charge is 0.233 e. The van der Waals surface area contributed by atoms with E-state index in [0.717, 1.165) is 6.07 Å². The minimum Gasteiger partial charge on any atom is -0.326 e. The molecule has 0 bridgehead atoms. The summed E-state index contributed by atoms with van der Waals surface area (Å²) in [6.07, 6.45) is -0.668. The van der Waals surface area contributed by atoms with E-state index in [-0.39, 0.29) is 5.02 Å². The van der Waals surface area contributed by atoms with Gasteiger partial charge in [0.05, 0.1) is 15.7 Å². The molecule has 0 unspecified atom stereocenters. The summed E-state index contributed by atoms with van der Waals surface area (Å²) in [6, 6.07) is 5.82. The first-order valence-electron chi connectivity index (χ1n) is 6.46. The van der Waals surface area contributed by atoms with Crippen LogP contribution < -0.4 is 10.6 Å². The van der Waals surface area contributed by atoms with Gasteiger partial charge in [-0.15, -0.1) is 0 Å². The van der Waals surface area contributed by atoms with Gasteiger partial charge in [0.1, 0.15) is 6.42 Å². The molecule has 126 valence electrons. The zero-order chi connectivity index (χ0) is 17.9. The van der Waals surface area contributed by atoms with Crippen molar-refractivity contribution in [2.24, 2.45) is 0 Å². The van der Waals surface area contributed by atoms with Gasteiger partial charge in [-0.05, 0) is 30.3 Å². The summed E-state index contributed by atoms with van der Waals surface area (Å²) in [5.41, 5.74) is -0.262. The zero-order valence-corrected chi connectivity index (χ0v) is 13.3. The van der Waals surface area contributed by atoms with Crippen LogP contribution in [0.3, 0.4) is 0 Å². The Labute approximate surface area is 144 Å². The monoisotopic (exact) mass is 376 g/mol. The number of hydrogen-bond acceptors (Lipinski definition) is 2. The predicted molar refractivity (Wildman–Crippen MR) is 84.7 cm³/mol. The summed E-state index contributed by atoms with van der Waals surface area (Å²) in [5.74, 6) is -6.27. The van der Waals surface area contributed by atoms with Crippen molar-refractivity contribution in [3.05, 3.63) is 57.8 Å². The van der Waals surface area contributed by atoms with Crippen LogP contribution in [0.4, 0.5) is 24.5 Å². The molecular formula is C15H9Cl2F3N2O2. The van der Waals surface area contributed by atoms with Crippen molar-refractivity contribution in [3.8, 4) is 0 Å². The first-order chi connectivity index (χ1) is 11.3. The van der Waals surface area contributed by atoms with Crippen LogP contribution in [0.15, 0.2) is 30.3 Å². The molecule has 2 aromatic rings. The highest BCUT2D eigenvalue weighted by Crippen LogP contribution is 2.25. The molecule has 9 heteroatoms.